The zero-order valence-electron chi connectivity index (χ0n) is 10.4. The van der Waals surface area contributed by atoms with Crippen LogP contribution in [0.1, 0.15) is 56.8 Å². The largest absolute Gasteiger partial charge is 0.393 e. The van der Waals surface area contributed by atoms with Crippen LogP contribution in [0, 0.1) is 0 Å². The standard InChI is InChI=1S/C12H21N3O2/c1-9(16)6-7-11-14-12(15-17-11)10-5-3-2-4-8-13-10/h9-10,13,16H,2-8H2,1H3. The van der Waals surface area contributed by atoms with Crippen LogP contribution in [0.2, 0.25) is 0 Å². The van der Waals surface area contributed by atoms with E-state index in [9.17, 15) is 5.11 Å². The maximum atomic E-state index is 9.20. The van der Waals surface area contributed by atoms with E-state index in [2.05, 4.69) is 15.5 Å². The van der Waals surface area contributed by atoms with Crippen LogP contribution in [-0.4, -0.2) is 27.9 Å². The third kappa shape index (κ3) is 3.78. The van der Waals surface area contributed by atoms with E-state index in [0.29, 0.717) is 18.7 Å². The maximum absolute atomic E-state index is 9.20. The molecule has 0 saturated carbocycles. The molecule has 1 aromatic rings. The Labute approximate surface area is 102 Å². The molecule has 1 aliphatic rings. The highest BCUT2D eigenvalue weighted by molar-refractivity contribution is 4.95. The molecule has 0 aliphatic carbocycles. The van der Waals surface area contributed by atoms with Crippen LogP contribution < -0.4 is 5.32 Å². The Morgan fingerprint density at radius 3 is 3.18 bits per heavy atom. The predicted molar refractivity (Wildman–Crippen MR) is 63.5 cm³/mol. The molecule has 1 fully saturated rings. The molecule has 1 aliphatic heterocycles. The quantitative estimate of drug-likeness (QED) is 0.835. The van der Waals surface area contributed by atoms with Gasteiger partial charge in [-0.2, -0.15) is 4.98 Å². The molecule has 0 amide bonds. The molecule has 0 spiro atoms. The number of aliphatic hydroxyl groups is 1. The number of nitrogens with one attached hydrogen (secondary N) is 1. The Morgan fingerprint density at radius 1 is 1.47 bits per heavy atom. The molecule has 2 rings (SSSR count). The summed E-state index contributed by atoms with van der Waals surface area (Å²) in [5.74, 6) is 1.40. The van der Waals surface area contributed by atoms with Gasteiger partial charge in [-0.3, -0.25) is 0 Å². The molecule has 1 aromatic heterocycles. The van der Waals surface area contributed by atoms with Crippen molar-refractivity contribution in [3.63, 3.8) is 0 Å². The van der Waals surface area contributed by atoms with Crippen molar-refractivity contribution >= 4 is 0 Å². The Morgan fingerprint density at radius 2 is 2.35 bits per heavy atom. The first-order valence-electron chi connectivity index (χ1n) is 6.49. The highest BCUT2D eigenvalue weighted by Crippen LogP contribution is 2.20. The van der Waals surface area contributed by atoms with Gasteiger partial charge in [-0.05, 0) is 32.7 Å². The summed E-state index contributed by atoms with van der Waals surface area (Å²) in [6.45, 7) is 2.80. The van der Waals surface area contributed by atoms with E-state index in [0.717, 1.165) is 18.8 Å². The van der Waals surface area contributed by atoms with E-state index < -0.39 is 0 Å². The van der Waals surface area contributed by atoms with E-state index in [1.807, 2.05) is 0 Å². The van der Waals surface area contributed by atoms with E-state index in [1.165, 1.54) is 19.3 Å². The molecule has 1 saturated heterocycles. The lowest BCUT2D eigenvalue weighted by molar-refractivity contribution is 0.180. The van der Waals surface area contributed by atoms with Gasteiger partial charge in [-0.15, -0.1) is 0 Å². The van der Waals surface area contributed by atoms with Crippen LogP contribution in [0.15, 0.2) is 4.52 Å². The first kappa shape index (κ1) is 12.5. The molecule has 2 heterocycles. The zero-order chi connectivity index (χ0) is 12.1. The molecule has 5 nitrogen and oxygen atoms in total. The predicted octanol–water partition coefficient (Wildman–Crippen LogP) is 1.59. The van der Waals surface area contributed by atoms with Crippen LogP contribution in [0.4, 0.5) is 0 Å². The summed E-state index contributed by atoms with van der Waals surface area (Å²) in [5.41, 5.74) is 0. The number of aliphatic hydroxyl groups excluding tert-OH is 1. The van der Waals surface area contributed by atoms with Crippen LogP contribution >= 0.6 is 0 Å². The molecule has 96 valence electrons. The number of nitrogens with zero attached hydrogens (tertiary/aromatic N) is 2. The molecule has 2 N–H and O–H groups in total. The van der Waals surface area contributed by atoms with Gasteiger partial charge in [0.1, 0.15) is 0 Å². The summed E-state index contributed by atoms with van der Waals surface area (Å²) in [6, 6.07) is 0.238. The van der Waals surface area contributed by atoms with Gasteiger partial charge >= 0.3 is 0 Å². The van der Waals surface area contributed by atoms with Crippen molar-refractivity contribution in [1.82, 2.24) is 15.5 Å². The van der Waals surface area contributed by atoms with Crippen molar-refractivity contribution in [2.75, 3.05) is 6.54 Å². The van der Waals surface area contributed by atoms with Crippen molar-refractivity contribution < 1.29 is 9.63 Å². The molecule has 2 unspecified atom stereocenters. The van der Waals surface area contributed by atoms with Gasteiger partial charge in [0.25, 0.3) is 0 Å². The lowest BCUT2D eigenvalue weighted by Gasteiger charge is -2.09. The number of aromatic nitrogens is 2. The van der Waals surface area contributed by atoms with Crippen LogP contribution in [0.5, 0.6) is 0 Å². The molecule has 0 aromatic carbocycles. The SMILES string of the molecule is CC(O)CCc1nc(C2CCCCCN2)no1. The van der Waals surface area contributed by atoms with E-state index >= 15 is 0 Å². The van der Waals surface area contributed by atoms with Gasteiger partial charge in [-0.25, -0.2) is 0 Å². The summed E-state index contributed by atoms with van der Waals surface area (Å²) in [7, 11) is 0. The minimum Gasteiger partial charge on any atom is -0.393 e. The summed E-state index contributed by atoms with van der Waals surface area (Å²) < 4.78 is 5.20. The fraction of sp³-hybridized carbons (Fsp3) is 0.833. The second kappa shape index (κ2) is 6.12. The first-order valence-corrected chi connectivity index (χ1v) is 6.49. The van der Waals surface area contributed by atoms with Gasteiger partial charge in [0, 0.05) is 6.42 Å². The van der Waals surface area contributed by atoms with Crippen molar-refractivity contribution in [2.24, 2.45) is 0 Å². The van der Waals surface area contributed by atoms with Gasteiger partial charge in [0.05, 0.1) is 12.1 Å². The Hall–Kier alpha value is -0.940. The Bertz CT molecular complexity index is 330. The van der Waals surface area contributed by atoms with Crippen LogP contribution in [-0.2, 0) is 6.42 Å². The fourth-order valence-corrected chi connectivity index (χ4v) is 2.09. The molecular formula is C12H21N3O2. The monoisotopic (exact) mass is 239 g/mol. The second-order valence-corrected chi connectivity index (χ2v) is 4.79. The Balaban J connectivity index is 1.92. The lowest BCUT2D eigenvalue weighted by Crippen LogP contribution is -2.21. The van der Waals surface area contributed by atoms with Crippen molar-refractivity contribution in [3.8, 4) is 0 Å². The van der Waals surface area contributed by atoms with E-state index in [-0.39, 0.29) is 12.1 Å². The van der Waals surface area contributed by atoms with Crippen molar-refractivity contribution in [1.29, 1.82) is 0 Å². The van der Waals surface area contributed by atoms with E-state index in [1.54, 1.807) is 6.92 Å². The normalized spacial score (nSPS) is 23.3. The number of hydrogen-bond acceptors (Lipinski definition) is 5. The highest BCUT2D eigenvalue weighted by atomic mass is 16.5. The highest BCUT2D eigenvalue weighted by Gasteiger charge is 2.19. The fourth-order valence-electron chi connectivity index (χ4n) is 2.09. The average molecular weight is 239 g/mol. The minimum absolute atomic E-state index is 0.238. The summed E-state index contributed by atoms with van der Waals surface area (Å²) in [6.07, 6.45) is 5.79. The molecule has 0 bridgehead atoms. The third-order valence-corrected chi connectivity index (χ3v) is 3.13. The lowest BCUT2D eigenvalue weighted by atomic mass is 10.1. The van der Waals surface area contributed by atoms with Gasteiger partial charge in [0.2, 0.25) is 5.89 Å². The smallest absolute Gasteiger partial charge is 0.226 e. The second-order valence-electron chi connectivity index (χ2n) is 4.79. The third-order valence-electron chi connectivity index (χ3n) is 3.13. The van der Waals surface area contributed by atoms with E-state index in [4.69, 9.17) is 4.52 Å². The molecule has 17 heavy (non-hydrogen) atoms. The van der Waals surface area contributed by atoms with Crippen LogP contribution in [0.3, 0.4) is 0 Å². The summed E-state index contributed by atoms with van der Waals surface area (Å²) in [5, 5.41) is 16.7. The number of aryl methyl sites for hydroxylation is 1. The molecule has 5 heteroatoms. The summed E-state index contributed by atoms with van der Waals surface area (Å²) >= 11 is 0. The van der Waals surface area contributed by atoms with Gasteiger partial charge in [-0.1, -0.05) is 18.0 Å². The van der Waals surface area contributed by atoms with Crippen molar-refractivity contribution in [3.05, 3.63) is 11.7 Å². The molecule has 2 atom stereocenters. The molecule has 0 radical (unpaired) electrons. The average Bonchev–Trinajstić information content (AvgIpc) is 2.60. The molecular weight excluding hydrogens is 218 g/mol. The first-order chi connectivity index (χ1) is 8.25. The summed E-state index contributed by atoms with van der Waals surface area (Å²) in [4.78, 5) is 4.40. The maximum Gasteiger partial charge on any atom is 0.226 e. The Kier molecular flexibility index (Phi) is 4.50. The van der Waals surface area contributed by atoms with Crippen molar-refractivity contribution in [2.45, 2.75) is 57.6 Å². The topological polar surface area (TPSA) is 71.2 Å². The minimum atomic E-state index is -0.318. The van der Waals surface area contributed by atoms with Gasteiger partial charge < -0.3 is 14.9 Å². The zero-order valence-corrected chi connectivity index (χ0v) is 10.4. The number of hydrogen-bond donors (Lipinski definition) is 2. The van der Waals surface area contributed by atoms with Gasteiger partial charge in [0.15, 0.2) is 5.82 Å². The van der Waals surface area contributed by atoms with Crippen LogP contribution in [0.25, 0.3) is 0 Å². The number of rotatable bonds is 4.